The molecule has 2 heterocycles. The van der Waals surface area contributed by atoms with Gasteiger partial charge < -0.3 is 16.2 Å². The summed E-state index contributed by atoms with van der Waals surface area (Å²) in [5.74, 6) is 1.64. The molecule has 1 aliphatic carbocycles. The summed E-state index contributed by atoms with van der Waals surface area (Å²) in [5, 5.41) is 14.3. The molecule has 6 nitrogen and oxygen atoms in total. The van der Waals surface area contributed by atoms with E-state index in [0.717, 1.165) is 35.7 Å². The van der Waals surface area contributed by atoms with Crippen LogP contribution in [0.15, 0.2) is 12.4 Å². The zero-order valence-corrected chi connectivity index (χ0v) is 14.9. The molecule has 0 aliphatic heterocycles. The first-order valence-electron chi connectivity index (χ1n) is 8.62. The average molecular weight is 329 g/mol. The Balaban J connectivity index is 2.04. The predicted octanol–water partition coefficient (Wildman–Crippen LogP) is 3.08. The molecule has 0 radical (unpaired) electrons. The SMILES string of the molecule is CC1CCC(c2cnc(N)c3cnc(NC(C)(C)C)nc23)CC1O. The Hall–Kier alpha value is -1.95. The molecule has 4 N–H and O–H groups in total. The second-order valence-corrected chi connectivity index (χ2v) is 7.98. The number of nitrogens with one attached hydrogen (secondary N) is 1. The molecule has 2 aromatic rings. The third-order valence-electron chi connectivity index (χ3n) is 4.76. The number of hydrogen-bond donors (Lipinski definition) is 3. The number of aromatic nitrogens is 3. The molecule has 1 fully saturated rings. The van der Waals surface area contributed by atoms with E-state index in [1.165, 1.54) is 0 Å². The minimum absolute atomic E-state index is 0.122. The van der Waals surface area contributed by atoms with Crippen LogP contribution >= 0.6 is 0 Å². The van der Waals surface area contributed by atoms with Crippen molar-refractivity contribution in [3.8, 4) is 0 Å². The van der Waals surface area contributed by atoms with Crippen LogP contribution in [0, 0.1) is 5.92 Å². The lowest BCUT2D eigenvalue weighted by Gasteiger charge is -2.31. The van der Waals surface area contributed by atoms with Crippen molar-refractivity contribution < 1.29 is 5.11 Å². The fraction of sp³-hybridized carbons (Fsp3) is 0.611. The standard InChI is InChI=1S/C18H27N5O/c1-10-5-6-11(7-14(10)24)12-8-20-16(19)13-9-21-17(22-15(12)13)23-18(2,3)4/h8-11,14,24H,5-7H2,1-4H3,(H2,19,20)(H,21,22,23). The van der Waals surface area contributed by atoms with Crippen LogP contribution in [0.5, 0.6) is 0 Å². The van der Waals surface area contributed by atoms with Gasteiger partial charge in [0.25, 0.3) is 0 Å². The lowest BCUT2D eigenvalue weighted by atomic mass is 9.77. The number of aliphatic hydroxyl groups is 1. The number of nitrogens with zero attached hydrogens (tertiary/aromatic N) is 3. The van der Waals surface area contributed by atoms with Gasteiger partial charge in [-0.15, -0.1) is 0 Å². The highest BCUT2D eigenvalue weighted by atomic mass is 16.3. The summed E-state index contributed by atoms with van der Waals surface area (Å²) in [5.41, 5.74) is 7.80. The van der Waals surface area contributed by atoms with E-state index in [1.54, 1.807) is 6.20 Å². The van der Waals surface area contributed by atoms with Gasteiger partial charge >= 0.3 is 0 Å². The lowest BCUT2D eigenvalue weighted by Crippen LogP contribution is -2.28. The summed E-state index contributed by atoms with van der Waals surface area (Å²) in [4.78, 5) is 13.4. The third kappa shape index (κ3) is 3.43. The average Bonchev–Trinajstić information content (AvgIpc) is 2.49. The van der Waals surface area contributed by atoms with E-state index in [0.29, 0.717) is 17.7 Å². The zero-order chi connectivity index (χ0) is 17.5. The van der Waals surface area contributed by atoms with Crippen molar-refractivity contribution in [2.75, 3.05) is 11.1 Å². The van der Waals surface area contributed by atoms with Crippen LogP contribution in [-0.2, 0) is 0 Å². The van der Waals surface area contributed by atoms with Gasteiger partial charge in [-0.3, -0.25) is 0 Å². The number of aliphatic hydroxyl groups excluding tert-OH is 1. The van der Waals surface area contributed by atoms with E-state index in [1.807, 2.05) is 6.20 Å². The number of pyridine rings is 1. The molecule has 0 spiro atoms. The maximum Gasteiger partial charge on any atom is 0.223 e. The topological polar surface area (TPSA) is 97.0 Å². The van der Waals surface area contributed by atoms with Crippen LogP contribution in [0.1, 0.15) is 58.4 Å². The van der Waals surface area contributed by atoms with Crippen molar-refractivity contribution in [3.63, 3.8) is 0 Å². The molecular formula is C18H27N5O. The summed E-state index contributed by atoms with van der Waals surface area (Å²) in [7, 11) is 0. The van der Waals surface area contributed by atoms with Gasteiger partial charge in [0.1, 0.15) is 5.82 Å². The fourth-order valence-electron chi connectivity index (χ4n) is 3.33. The molecule has 3 atom stereocenters. The molecule has 0 aromatic carbocycles. The highest BCUT2D eigenvalue weighted by molar-refractivity contribution is 5.90. The lowest BCUT2D eigenvalue weighted by molar-refractivity contribution is 0.0697. The summed E-state index contributed by atoms with van der Waals surface area (Å²) in [6, 6.07) is 0. The zero-order valence-electron chi connectivity index (χ0n) is 14.9. The van der Waals surface area contributed by atoms with Crippen LogP contribution in [0.25, 0.3) is 10.9 Å². The van der Waals surface area contributed by atoms with Crippen molar-refractivity contribution in [1.29, 1.82) is 0 Å². The largest absolute Gasteiger partial charge is 0.393 e. The molecule has 24 heavy (non-hydrogen) atoms. The Bertz CT molecular complexity index is 740. The van der Waals surface area contributed by atoms with Gasteiger partial charge in [-0.1, -0.05) is 6.92 Å². The molecule has 3 rings (SSSR count). The summed E-state index contributed by atoms with van der Waals surface area (Å²) >= 11 is 0. The molecule has 0 amide bonds. The van der Waals surface area contributed by atoms with Gasteiger partial charge in [-0.2, -0.15) is 0 Å². The van der Waals surface area contributed by atoms with E-state index < -0.39 is 0 Å². The monoisotopic (exact) mass is 329 g/mol. The number of rotatable bonds is 2. The first-order valence-corrected chi connectivity index (χ1v) is 8.62. The third-order valence-corrected chi connectivity index (χ3v) is 4.76. The fourth-order valence-corrected chi connectivity index (χ4v) is 3.33. The second kappa shape index (κ2) is 6.16. The number of nitrogens with two attached hydrogens (primary N) is 1. The van der Waals surface area contributed by atoms with Crippen LogP contribution < -0.4 is 11.1 Å². The smallest absolute Gasteiger partial charge is 0.223 e. The Kier molecular flexibility index (Phi) is 4.34. The Morgan fingerprint density at radius 3 is 2.62 bits per heavy atom. The molecule has 6 heteroatoms. The number of hydrogen-bond acceptors (Lipinski definition) is 6. The molecule has 3 unspecified atom stereocenters. The molecule has 1 aliphatic rings. The van der Waals surface area contributed by atoms with Crippen LogP contribution in [-0.4, -0.2) is 31.7 Å². The molecule has 1 saturated carbocycles. The highest BCUT2D eigenvalue weighted by Crippen LogP contribution is 2.38. The van der Waals surface area contributed by atoms with Crippen LogP contribution in [0.4, 0.5) is 11.8 Å². The number of fused-ring (bicyclic) bond motifs is 1. The van der Waals surface area contributed by atoms with Gasteiger partial charge in [0, 0.05) is 23.5 Å². The van der Waals surface area contributed by atoms with Crippen LogP contribution in [0.2, 0.25) is 0 Å². The van der Waals surface area contributed by atoms with Crippen molar-refractivity contribution >= 4 is 22.7 Å². The van der Waals surface area contributed by atoms with Gasteiger partial charge in [0.2, 0.25) is 5.95 Å². The molecule has 0 saturated heterocycles. The van der Waals surface area contributed by atoms with Crippen molar-refractivity contribution in [2.24, 2.45) is 5.92 Å². The van der Waals surface area contributed by atoms with E-state index in [-0.39, 0.29) is 17.6 Å². The summed E-state index contributed by atoms with van der Waals surface area (Å²) in [6.45, 7) is 8.32. The Labute approximate surface area is 142 Å². The number of nitrogen functional groups attached to an aromatic ring is 1. The summed E-state index contributed by atoms with van der Waals surface area (Å²) < 4.78 is 0. The first kappa shape index (κ1) is 16.9. The summed E-state index contributed by atoms with van der Waals surface area (Å²) in [6.07, 6.45) is 6.07. The van der Waals surface area contributed by atoms with Gasteiger partial charge in [-0.05, 0) is 51.9 Å². The quantitative estimate of drug-likeness (QED) is 0.783. The Morgan fingerprint density at radius 2 is 1.96 bits per heavy atom. The molecule has 130 valence electrons. The minimum atomic E-state index is -0.273. The maximum absolute atomic E-state index is 10.3. The van der Waals surface area contributed by atoms with E-state index >= 15 is 0 Å². The maximum atomic E-state index is 10.3. The molecule has 0 bridgehead atoms. The van der Waals surface area contributed by atoms with Crippen molar-refractivity contribution in [3.05, 3.63) is 18.0 Å². The van der Waals surface area contributed by atoms with E-state index in [2.05, 4.69) is 43.0 Å². The van der Waals surface area contributed by atoms with Crippen molar-refractivity contribution in [1.82, 2.24) is 15.0 Å². The highest BCUT2D eigenvalue weighted by Gasteiger charge is 2.29. The Morgan fingerprint density at radius 1 is 1.21 bits per heavy atom. The predicted molar refractivity (Wildman–Crippen MR) is 96.9 cm³/mol. The molecular weight excluding hydrogens is 302 g/mol. The van der Waals surface area contributed by atoms with E-state index in [4.69, 9.17) is 10.7 Å². The minimum Gasteiger partial charge on any atom is -0.393 e. The van der Waals surface area contributed by atoms with Gasteiger partial charge in [0.05, 0.1) is 17.0 Å². The second-order valence-electron chi connectivity index (χ2n) is 7.98. The van der Waals surface area contributed by atoms with Crippen LogP contribution in [0.3, 0.4) is 0 Å². The van der Waals surface area contributed by atoms with Crippen molar-refractivity contribution in [2.45, 2.75) is 64.5 Å². The van der Waals surface area contributed by atoms with Gasteiger partial charge in [0.15, 0.2) is 0 Å². The number of anilines is 2. The first-order chi connectivity index (χ1) is 11.2. The molecule has 2 aromatic heterocycles. The van der Waals surface area contributed by atoms with E-state index in [9.17, 15) is 5.11 Å². The van der Waals surface area contributed by atoms with Gasteiger partial charge in [-0.25, -0.2) is 15.0 Å². The normalized spacial score (nSPS) is 25.0.